The third-order valence-electron chi connectivity index (χ3n) is 8.69. The number of nitrogens with one attached hydrogen (secondary N) is 1. The van der Waals surface area contributed by atoms with Crippen molar-refractivity contribution in [3.63, 3.8) is 0 Å². The number of likely N-dealkylation sites (tertiary alicyclic amines) is 1. The average molecular weight is 433 g/mol. The van der Waals surface area contributed by atoms with Gasteiger partial charge < -0.3 is 5.32 Å². The van der Waals surface area contributed by atoms with Gasteiger partial charge in [0, 0.05) is 23.2 Å². The van der Waals surface area contributed by atoms with E-state index in [9.17, 15) is 19.2 Å². The fourth-order valence-corrected chi connectivity index (χ4v) is 6.97. The van der Waals surface area contributed by atoms with Gasteiger partial charge in [-0.05, 0) is 87.0 Å². The van der Waals surface area contributed by atoms with Crippen molar-refractivity contribution in [3.8, 4) is 0 Å². The van der Waals surface area contributed by atoms with Crippen molar-refractivity contribution in [1.82, 2.24) is 4.90 Å². The predicted molar refractivity (Wildman–Crippen MR) is 117 cm³/mol. The van der Waals surface area contributed by atoms with Crippen LogP contribution < -0.4 is 5.32 Å². The number of benzene rings is 1. The van der Waals surface area contributed by atoms with E-state index in [2.05, 4.69) is 17.5 Å². The summed E-state index contributed by atoms with van der Waals surface area (Å²) in [5.41, 5.74) is 1.29. The Morgan fingerprint density at radius 1 is 0.875 bits per heavy atom. The molecule has 2 bridgehead atoms. The SMILES string of the molecule is CC(=O)c1ccc(NC(=O)C2CCC(N3C(=O)[C@H]4[C@@H]5C=C[C@@H]([C@H]6C[C@H]56)[C@@H]4C3=O)CC2)cc1. The van der Waals surface area contributed by atoms with Crippen molar-refractivity contribution in [2.45, 2.75) is 45.1 Å². The lowest BCUT2D eigenvalue weighted by atomic mass is 9.63. The molecule has 3 amide bonds. The molecule has 1 heterocycles. The molecule has 0 aromatic heterocycles. The van der Waals surface area contributed by atoms with Crippen LogP contribution in [0.3, 0.4) is 0 Å². The monoisotopic (exact) mass is 432 g/mol. The number of amides is 3. The third kappa shape index (κ3) is 2.91. The lowest BCUT2D eigenvalue weighted by molar-refractivity contribution is -0.144. The van der Waals surface area contributed by atoms with Crippen molar-refractivity contribution < 1.29 is 19.2 Å². The van der Waals surface area contributed by atoms with Gasteiger partial charge in [-0.3, -0.25) is 24.1 Å². The molecule has 0 radical (unpaired) electrons. The van der Waals surface area contributed by atoms with E-state index in [1.54, 1.807) is 29.2 Å². The number of rotatable bonds is 4. The van der Waals surface area contributed by atoms with Crippen molar-refractivity contribution >= 4 is 29.2 Å². The number of allylic oxidation sites excluding steroid dienone is 2. The Labute approximate surface area is 187 Å². The molecule has 6 heteroatoms. The smallest absolute Gasteiger partial charge is 0.233 e. The second-order valence-electron chi connectivity index (χ2n) is 10.3. The van der Waals surface area contributed by atoms with Gasteiger partial charge in [0.15, 0.2) is 5.78 Å². The highest BCUT2D eigenvalue weighted by molar-refractivity contribution is 6.06. The van der Waals surface area contributed by atoms with Gasteiger partial charge in [0.25, 0.3) is 0 Å². The quantitative estimate of drug-likeness (QED) is 0.449. The molecule has 6 aliphatic rings. The Bertz CT molecular complexity index is 1000. The summed E-state index contributed by atoms with van der Waals surface area (Å²) in [6, 6.07) is 6.85. The maximum Gasteiger partial charge on any atom is 0.233 e. The normalized spacial score (nSPS) is 39.0. The van der Waals surface area contributed by atoms with E-state index < -0.39 is 0 Å². The summed E-state index contributed by atoms with van der Waals surface area (Å²) in [6.07, 6.45) is 8.31. The largest absolute Gasteiger partial charge is 0.326 e. The molecule has 0 spiro atoms. The minimum absolute atomic E-state index is 0.00661. The van der Waals surface area contributed by atoms with E-state index in [4.69, 9.17) is 0 Å². The number of ketones is 1. The molecule has 7 rings (SSSR count). The Morgan fingerprint density at radius 2 is 1.44 bits per heavy atom. The van der Waals surface area contributed by atoms with Gasteiger partial charge in [-0.2, -0.15) is 0 Å². The molecule has 166 valence electrons. The van der Waals surface area contributed by atoms with Crippen LogP contribution in [0.25, 0.3) is 0 Å². The first-order valence-corrected chi connectivity index (χ1v) is 11.9. The molecule has 1 aliphatic heterocycles. The first-order chi connectivity index (χ1) is 15.4. The highest BCUT2D eigenvalue weighted by atomic mass is 16.2. The van der Waals surface area contributed by atoms with Gasteiger partial charge >= 0.3 is 0 Å². The third-order valence-corrected chi connectivity index (χ3v) is 8.69. The topological polar surface area (TPSA) is 83.6 Å². The summed E-state index contributed by atoms with van der Waals surface area (Å²) in [5.74, 6) is 1.40. The molecule has 3 saturated carbocycles. The zero-order valence-electron chi connectivity index (χ0n) is 18.2. The van der Waals surface area contributed by atoms with Crippen LogP contribution in [0.1, 0.15) is 49.4 Å². The maximum atomic E-state index is 13.3. The van der Waals surface area contributed by atoms with Gasteiger partial charge in [-0.25, -0.2) is 0 Å². The fourth-order valence-electron chi connectivity index (χ4n) is 6.97. The Kier molecular flexibility index (Phi) is 4.43. The van der Waals surface area contributed by atoms with Crippen LogP contribution in [-0.4, -0.2) is 34.4 Å². The molecule has 32 heavy (non-hydrogen) atoms. The molecule has 5 aliphatic carbocycles. The number of nitrogens with zero attached hydrogens (tertiary/aromatic N) is 1. The molecular weight excluding hydrogens is 404 g/mol. The molecule has 1 aromatic rings. The van der Waals surface area contributed by atoms with Gasteiger partial charge in [0.2, 0.25) is 17.7 Å². The van der Waals surface area contributed by atoms with E-state index in [0.717, 1.165) is 0 Å². The summed E-state index contributed by atoms with van der Waals surface area (Å²) >= 11 is 0. The first-order valence-electron chi connectivity index (χ1n) is 11.9. The van der Waals surface area contributed by atoms with Gasteiger partial charge in [0.05, 0.1) is 11.8 Å². The van der Waals surface area contributed by atoms with Crippen LogP contribution in [0.5, 0.6) is 0 Å². The van der Waals surface area contributed by atoms with Crippen LogP contribution >= 0.6 is 0 Å². The summed E-state index contributed by atoms with van der Waals surface area (Å²) < 4.78 is 0. The highest BCUT2D eigenvalue weighted by Gasteiger charge is 2.67. The lowest BCUT2D eigenvalue weighted by Crippen LogP contribution is -2.44. The number of anilines is 1. The van der Waals surface area contributed by atoms with Gasteiger partial charge in [0.1, 0.15) is 0 Å². The van der Waals surface area contributed by atoms with Crippen LogP contribution in [-0.2, 0) is 14.4 Å². The lowest BCUT2D eigenvalue weighted by Gasteiger charge is -2.37. The minimum atomic E-state index is -0.139. The molecular formula is C26H28N2O4. The van der Waals surface area contributed by atoms with Crippen molar-refractivity contribution in [3.05, 3.63) is 42.0 Å². The van der Waals surface area contributed by atoms with Crippen LogP contribution in [0, 0.1) is 41.4 Å². The Balaban J connectivity index is 1.09. The van der Waals surface area contributed by atoms with Crippen molar-refractivity contribution in [2.24, 2.45) is 41.4 Å². The molecule has 6 nitrogen and oxygen atoms in total. The summed E-state index contributed by atoms with van der Waals surface area (Å²) in [4.78, 5) is 52.4. The van der Waals surface area contributed by atoms with E-state index in [-0.39, 0.29) is 59.1 Å². The van der Waals surface area contributed by atoms with E-state index in [1.165, 1.54) is 13.3 Å². The second kappa shape index (κ2) is 7.12. The average Bonchev–Trinajstić information content (AvgIpc) is 3.58. The van der Waals surface area contributed by atoms with E-state index in [0.29, 0.717) is 48.8 Å². The number of imide groups is 1. The molecule has 1 N–H and O–H groups in total. The fraction of sp³-hybridized carbons (Fsp3) is 0.538. The predicted octanol–water partition coefficient (Wildman–Crippen LogP) is 3.44. The van der Waals surface area contributed by atoms with Crippen molar-refractivity contribution in [2.75, 3.05) is 5.32 Å². The zero-order chi connectivity index (χ0) is 22.1. The molecule has 4 fully saturated rings. The van der Waals surface area contributed by atoms with Crippen LogP contribution in [0.2, 0.25) is 0 Å². The van der Waals surface area contributed by atoms with E-state index >= 15 is 0 Å². The number of Topliss-reactive ketones (excluding diaryl/α,β-unsaturated/α-hetero) is 1. The van der Waals surface area contributed by atoms with Crippen molar-refractivity contribution in [1.29, 1.82) is 0 Å². The zero-order valence-corrected chi connectivity index (χ0v) is 18.2. The number of hydrogen-bond acceptors (Lipinski definition) is 4. The van der Waals surface area contributed by atoms with Gasteiger partial charge in [-0.15, -0.1) is 0 Å². The maximum absolute atomic E-state index is 13.3. The number of carbonyl (C=O) groups is 4. The summed E-state index contributed by atoms with van der Waals surface area (Å²) in [7, 11) is 0. The Hall–Kier alpha value is -2.76. The second-order valence-corrected chi connectivity index (χ2v) is 10.3. The number of carbonyl (C=O) groups excluding carboxylic acids is 4. The molecule has 6 atom stereocenters. The highest BCUT2D eigenvalue weighted by Crippen LogP contribution is 2.65. The molecule has 1 aromatic carbocycles. The minimum Gasteiger partial charge on any atom is -0.326 e. The van der Waals surface area contributed by atoms with Gasteiger partial charge in [-0.1, -0.05) is 12.2 Å². The first kappa shape index (κ1) is 19.9. The van der Waals surface area contributed by atoms with Crippen LogP contribution in [0.4, 0.5) is 5.69 Å². The molecule has 0 unspecified atom stereocenters. The standard InChI is InChI=1S/C26H28N2O4/c1-13(29)14-2-6-16(7-3-14)27-24(30)15-4-8-17(9-5-15)28-25(31)22-18-10-11-19(21-12-20(18)21)23(22)26(28)32/h2-3,6-7,10-11,15,17-23H,4-5,8-9,12H2,1H3,(H,27,30)/t15?,17?,18-,19+,20-,21-,22+,23+/m1/s1. The van der Waals surface area contributed by atoms with Crippen LogP contribution in [0.15, 0.2) is 36.4 Å². The molecule has 1 saturated heterocycles. The summed E-state index contributed by atoms with van der Waals surface area (Å²) in [6.45, 7) is 1.51. The number of hydrogen-bond donors (Lipinski definition) is 1. The summed E-state index contributed by atoms with van der Waals surface area (Å²) in [5, 5.41) is 2.94. The Morgan fingerprint density at radius 3 is 1.97 bits per heavy atom. The van der Waals surface area contributed by atoms with E-state index in [1.807, 2.05) is 0 Å².